The van der Waals surface area contributed by atoms with Crippen LogP contribution in [-0.4, -0.2) is 38.9 Å². The van der Waals surface area contributed by atoms with E-state index in [1.165, 1.54) is 5.56 Å². The number of aliphatic hydroxyl groups excluding tert-OH is 1. The van der Waals surface area contributed by atoms with Crippen molar-refractivity contribution in [2.75, 3.05) is 18.1 Å². The van der Waals surface area contributed by atoms with E-state index in [-0.39, 0.29) is 12.6 Å². The van der Waals surface area contributed by atoms with Gasteiger partial charge in [-0.1, -0.05) is 48.9 Å². The molecule has 4 aromatic rings. The molecule has 0 aliphatic carbocycles. The maximum atomic E-state index is 9.93. The van der Waals surface area contributed by atoms with Crippen molar-refractivity contribution >= 4 is 23.1 Å². The fraction of sp³-hybridized carbons (Fsp3) is 0.308. The zero-order chi connectivity index (χ0) is 22.2. The summed E-state index contributed by atoms with van der Waals surface area (Å²) in [5.41, 5.74) is 7.20. The van der Waals surface area contributed by atoms with Crippen LogP contribution in [0.25, 0.3) is 28.0 Å². The Kier molecular flexibility index (Phi) is 5.62. The predicted molar refractivity (Wildman–Crippen MR) is 130 cm³/mol. The molecule has 5 rings (SSSR count). The Bertz CT molecular complexity index is 1270. The van der Waals surface area contributed by atoms with E-state index in [0.717, 1.165) is 65.4 Å². The summed E-state index contributed by atoms with van der Waals surface area (Å²) in [6.07, 6.45) is 3.01. The fourth-order valence-corrected chi connectivity index (χ4v) is 4.82. The topological polar surface area (TPSA) is 53.7 Å². The van der Waals surface area contributed by atoms with E-state index in [2.05, 4.69) is 42.2 Å². The van der Waals surface area contributed by atoms with Crippen molar-refractivity contribution in [3.63, 3.8) is 0 Å². The number of aromatic nitrogens is 3. The molecule has 1 fully saturated rings. The van der Waals surface area contributed by atoms with E-state index in [0.29, 0.717) is 5.02 Å². The van der Waals surface area contributed by atoms with Gasteiger partial charge in [-0.15, -0.1) is 0 Å². The molecule has 0 spiro atoms. The van der Waals surface area contributed by atoms with Gasteiger partial charge in [0, 0.05) is 28.8 Å². The van der Waals surface area contributed by atoms with Gasteiger partial charge in [-0.3, -0.25) is 0 Å². The van der Waals surface area contributed by atoms with Crippen molar-refractivity contribution in [2.24, 2.45) is 0 Å². The van der Waals surface area contributed by atoms with E-state index in [1.54, 1.807) is 0 Å². The van der Waals surface area contributed by atoms with Gasteiger partial charge in [0.2, 0.25) is 0 Å². The number of halogens is 1. The molecule has 1 atom stereocenters. The van der Waals surface area contributed by atoms with Crippen molar-refractivity contribution in [1.82, 2.24) is 14.6 Å². The van der Waals surface area contributed by atoms with Crippen molar-refractivity contribution in [2.45, 2.75) is 39.2 Å². The number of hydrogen-bond donors (Lipinski definition) is 1. The molecule has 1 saturated heterocycles. The van der Waals surface area contributed by atoms with E-state index in [4.69, 9.17) is 21.7 Å². The lowest BCUT2D eigenvalue weighted by molar-refractivity contribution is 0.266. The highest BCUT2D eigenvalue weighted by Crippen LogP contribution is 2.35. The van der Waals surface area contributed by atoms with Crippen molar-refractivity contribution in [3.8, 4) is 22.4 Å². The number of benzene rings is 2. The number of rotatable bonds is 5. The average molecular weight is 447 g/mol. The third-order valence-corrected chi connectivity index (χ3v) is 6.65. The molecule has 2 aromatic heterocycles. The summed E-state index contributed by atoms with van der Waals surface area (Å²) >= 11 is 6.14. The second-order valence-corrected chi connectivity index (χ2v) is 8.86. The summed E-state index contributed by atoms with van der Waals surface area (Å²) in [5, 5.41) is 15.5. The molecule has 0 amide bonds. The standard InChI is InChI=1S/C26H27ClN4O/c1-3-18-6-4-7-20(14-18)23-15-24(30-13-5-8-22(30)16-32)28-26-25(17(2)29-31(23)26)19-9-11-21(27)12-10-19/h4,6-7,9-12,14-15,22,32H,3,5,8,13,16H2,1-2H3. The predicted octanol–water partition coefficient (Wildman–Crippen LogP) is 5.55. The van der Waals surface area contributed by atoms with Crippen LogP contribution in [0.3, 0.4) is 0 Å². The Balaban J connectivity index is 1.78. The monoisotopic (exact) mass is 446 g/mol. The molecular weight excluding hydrogens is 420 g/mol. The quantitative estimate of drug-likeness (QED) is 0.436. The number of fused-ring (bicyclic) bond motifs is 1. The van der Waals surface area contributed by atoms with Gasteiger partial charge in [0.1, 0.15) is 5.82 Å². The number of anilines is 1. The Hall–Kier alpha value is -2.89. The van der Waals surface area contributed by atoms with Crippen molar-refractivity contribution in [1.29, 1.82) is 0 Å². The van der Waals surface area contributed by atoms with E-state index in [1.807, 2.05) is 35.7 Å². The first kappa shape index (κ1) is 21.0. The molecule has 3 heterocycles. The molecule has 1 unspecified atom stereocenters. The minimum Gasteiger partial charge on any atom is -0.394 e. The number of nitrogens with zero attached hydrogens (tertiary/aromatic N) is 4. The van der Waals surface area contributed by atoms with Gasteiger partial charge >= 0.3 is 0 Å². The summed E-state index contributed by atoms with van der Waals surface area (Å²) in [6, 6.07) is 18.7. The lowest BCUT2D eigenvalue weighted by Crippen LogP contribution is -2.32. The molecule has 164 valence electrons. The molecule has 1 N–H and O–H groups in total. The first-order chi connectivity index (χ1) is 15.6. The Morgan fingerprint density at radius 1 is 1.09 bits per heavy atom. The lowest BCUT2D eigenvalue weighted by atomic mass is 10.0. The first-order valence-electron chi connectivity index (χ1n) is 11.2. The Morgan fingerprint density at radius 3 is 2.66 bits per heavy atom. The Morgan fingerprint density at radius 2 is 1.91 bits per heavy atom. The fourth-order valence-electron chi connectivity index (χ4n) is 4.70. The highest BCUT2D eigenvalue weighted by molar-refractivity contribution is 6.30. The first-order valence-corrected chi connectivity index (χ1v) is 11.6. The summed E-state index contributed by atoms with van der Waals surface area (Å²) < 4.78 is 1.96. The summed E-state index contributed by atoms with van der Waals surface area (Å²) in [6.45, 7) is 5.22. The second-order valence-electron chi connectivity index (χ2n) is 8.43. The van der Waals surface area contributed by atoms with Crippen LogP contribution < -0.4 is 4.90 Å². The second kappa shape index (κ2) is 8.57. The molecular formula is C26H27ClN4O. The van der Waals surface area contributed by atoms with Crippen LogP contribution in [0.2, 0.25) is 5.02 Å². The molecule has 1 aliphatic rings. The van der Waals surface area contributed by atoms with Gasteiger partial charge in [0.15, 0.2) is 5.65 Å². The van der Waals surface area contributed by atoms with Crippen molar-refractivity contribution < 1.29 is 5.11 Å². The summed E-state index contributed by atoms with van der Waals surface area (Å²) in [7, 11) is 0. The van der Waals surface area contributed by atoms with Gasteiger partial charge in [-0.05, 0) is 55.5 Å². The lowest BCUT2D eigenvalue weighted by Gasteiger charge is -2.25. The van der Waals surface area contributed by atoms with Crippen molar-refractivity contribution in [3.05, 3.63) is 70.9 Å². The highest BCUT2D eigenvalue weighted by atomic mass is 35.5. The van der Waals surface area contributed by atoms with Gasteiger partial charge < -0.3 is 10.0 Å². The normalized spacial score (nSPS) is 16.2. The molecule has 6 heteroatoms. The van der Waals surface area contributed by atoms with Crippen LogP contribution in [0.15, 0.2) is 54.6 Å². The molecule has 1 aliphatic heterocycles. The maximum Gasteiger partial charge on any atom is 0.166 e. The van der Waals surface area contributed by atoms with Crippen LogP contribution in [0, 0.1) is 6.92 Å². The SMILES string of the molecule is CCc1cccc(-c2cc(N3CCCC3CO)nc3c(-c4ccc(Cl)cc4)c(C)nn23)c1. The van der Waals surface area contributed by atoms with Gasteiger partial charge in [0.25, 0.3) is 0 Å². The molecule has 0 bridgehead atoms. The summed E-state index contributed by atoms with van der Waals surface area (Å²) in [4.78, 5) is 7.32. The zero-order valence-corrected chi connectivity index (χ0v) is 19.2. The molecule has 32 heavy (non-hydrogen) atoms. The zero-order valence-electron chi connectivity index (χ0n) is 18.4. The average Bonchev–Trinajstić information content (AvgIpc) is 3.42. The molecule has 0 saturated carbocycles. The van der Waals surface area contributed by atoms with Crippen LogP contribution in [0.4, 0.5) is 5.82 Å². The van der Waals surface area contributed by atoms with Crippen LogP contribution in [-0.2, 0) is 6.42 Å². The highest BCUT2D eigenvalue weighted by Gasteiger charge is 2.27. The van der Waals surface area contributed by atoms with Crippen LogP contribution in [0.5, 0.6) is 0 Å². The third kappa shape index (κ3) is 3.65. The molecule has 0 radical (unpaired) electrons. The smallest absolute Gasteiger partial charge is 0.166 e. The number of hydrogen-bond acceptors (Lipinski definition) is 4. The minimum absolute atomic E-state index is 0.0998. The Labute approximate surface area is 193 Å². The number of aliphatic hydroxyl groups is 1. The number of aryl methyl sites for hydroxylation is 2. The van der Waals surface area contributed by atoms with Gasteiger partial charge in [0.05, 0.1) is 24.0 Å². The largest absolute Gasteiger partial charge is 0.394 e. The molecule has 2 aromatic carbocycles. The van der Waals surface area contributed by atoms with E-state index >= 15 is 0 Å². The van der Waals surface area contributed by atoms with Crippen LogP contribution in [0.1, 0.15) is 31.0 Å². The van der Waals surface area contributed by atoms with Crippen LogP contribution >= 0.6 is 11.6 Å². The minimum atomic E-state index is 0.0998. The molecule has 5 nitrogen and oxygen atoms in total. The van der Waals surface area contributed by atoms with E-state index in [9.17, 15) is 5.11 Å². The maximum absolute atomic E-state index is 9.93. The van der Waals surface area contributed by atoms with E-state index < -0.39 is 0 Å². The van der Waals surface area contributed by atoms with Gasteiger partial charge in [-0.25, -0.2) is 9.50 Å². The summed E-state index contributed by atoms with van der Waals surface area (Å²) in [5.74, 6) is 0.890. The third-order valence-electron chi connectivity index (χ3n) is 6.40. The van der Waals surface area contributed by atoms with Gasteiger partial charge in [-0.2, -0.15) is 5.10 Å².